The van der Waals surface area contributed by atoms with Crippen molar-refractivity contribution in [1.29, 1.82) is 0 Å². The summed E-state index contributed by atoms with van der Waals surface area (Å²) in [6, 6.07) is 8.14. The molecule has 2 rings (SSSR count). The highest BCUT2D eigenvalue weighted by atomic mass is 19.1. The number of ether oxygens (including phenoxy) is 1. The topological polar surface area (TPSA) is 31.2 Å². The Balaban J connectivity index is 2.34. The lowest BCUT2D eigenvalue weighted by Gasteiger charge is -2.08. The van der Waals surface area contributed by atoms with E-state index in [-0.39, 0.29) is 17.9 Å². The molecule has 0 saturated carbocycles. The van der Waals surface area contributed by atoms with Gasteiger partial charge in [-0.05, 0) is 19.1 Å². The van der Waals surface area contributed by atoms with E-state index in [0.29, 0.717) is 16.9 Å². The highest BCUT2D eigenvalue weighted by Crippen LogP contribution is 2.16. The zero-order chi connectivity index (χ0) is 13.1. The first-order chi connectivity index (χ1) is 8.61. The second-order valence-corrected chi connectivity index (χ2v) is 4.08. The number of aromatic nitrogens is 1. The molecule has 4 heteroatoms. The van der Waals surface area contributed by atoms with Crippen LogP contribution >= 0.6 is 0 Å². The van der Waals surface area contributed by atoms with Crippen LogP contribution in [0.25, 0.3) is 0 Å². The van der Waals surface area contributed by atoms with Crippen molar-refractivity contribution < 1.29 is 9.13 Å². The van der Waals surface area contributed by atoms with E-state index in [1.165, 1.54) is 17.7 Å². The van der Waals surface area contributed by atoms with Crippen molar-refractivity contribution in [3.05, 3.63) is 63.8 Å². The Labute approximate surface area is 104 Å². The summed E-state index contributed by atoms with van der Waals surface area (Å²) in [5.74, 6) is 0.0931. The summed E-state index contributed by atoms with van der Waals surface area (Å²) in [6.45, 7) is 1.96. The number of hydrogen-bond donors (Lipinski definition) is 0. The molecule has 0 aliphatic rings. The first-order valence-electron chi connectivity index (χ1n) is 5.60. The summed E-state index contributed by atoms with van der Waals surface area (Å²) in [7, 11) is 1.49. The second-order valence-electron chi connectivity index (χ2n) is 4.08. The highest BCUT2D eigenvalue weighted by molar-refractivity contribution is 5.29. The molecule has 0 spiro atoms. The lowest BCUT2D eigenvalue weighted by Crippen LogP contribution is -2.22. The third-order valence-electron chi connectivity index (χ3n) is 2.81. The largest absolute Gasteiger partial charge is 0.497 e. The Morgan fingerprint density at radius 3 is 2.78 bits per heavy atom. The molecule has 0 radical (unpaired) electrons. The van der Waals surface area contributed by atoms with Gasteiger partial charge in [-0.2, -0.15) is 0 Å². The maximum atomic E-state index is 13.8. The van der Waals surface area contributed by atoms with E-state index in [1.807, 2.05) is 0 Å². The number of aryl methyl sites for hydroxylation is 1. The fraction of sp³-hybridized carbons (Fsp3) is 0.214. The van der Waals surface area contributed by atoms with Crippen molar-refractivity contribution >= 4 is 0 Å². The maximum Gasteiger partial charge on any atom is 0.253 e. The van der Waals surface area contributed by atoms with Crippen molar-refractivity contribution in [1.82, 2.24) is 4.57 Å². The van der Waals surface area contributed by atoms with Crippen LogP contribution < -0.4 is 10.3 Å². The monoisotopic (exact) mass is 247 g/mol. The Hall–Kier alpha value is -2.10. The smallest absolute Gasteiger partial charge is 0.253 e. The Morgan fingerprint density at radius 2 is 2.11 bits per heavy atom. The van der Waals surface area contributed by atoms with Crippen LogP contribution in [-0.4, -0.2) is 11.7 Å². The van der Waals surface area contributed by atoms with Crippen LogP contribution in [0.1, 0.15) is 11.1 Å². The van der Waals surface area contributed by atoms with Crippen LogP contribution in [0, 0.1) is 12.7 Å². The van der Waals surface area contributed by atoms with Crippen molar-refractivity contribution in [2.24, 2.45) is 0 Å². The van der Waals surface area contributed by atoms with Gasteiger partial charge in [0.2, 0.25) is 0 Å². The molecule has 0 bridgehead atoms. The van der Waals surface area contributed by atoms with Gasteiger partial charge in [-0.1, -0.05) is 12.1 Å². The minimum Gasteiger partial charge on any atom is -0.497 e. The minimum atomic E-state index is -0.372. The van der Waals surface area contributed by atoms with Crippen LogP contribution in [0.4, 0.5) is 4.39 Å². The van der Waals surface area contributed by atoms with Crippen LogP contribution in [0.3, 0.4) is 0 Å². The summed E-state index contributed by atoms with van der Waals surface area (Å²) in [4.78, 5) is 11.8. The predicted molar refractivity (Wildman–Crippen MR) is 67.5 cm³/mol. The highest BCUT2D eigenvalue weighted by Gasteiger charge is 2.06. The number of hydrogen-bond acceptors (Lipinski definition) is 2. The zero-order valence-corrected chi connectivity index (χ0v) is 10.3. The van der Waals surface area contributed by atoms with Gasteiger partial charge in [0, 0.05) is 23.4 Å². The van der Waals surface area contributed by atoms with Crippen LogP contribution in [0.15, 0.2) is 41.3 Å². The summed E-state index contributed by atoms with van der Waals surface area (Å²) in [6.07, 6.45) is 1.65. The van der Waals surface area contributed by atoms with E-state index < -0.39 is 0 Å². The van der Waals surface area contributed by atoms with E-state index in [2.05, 4.69) is 0 Å². The van der Waals surface area contributed by atoms with E-state index in [4.69, 9.17) is 4.74 Å². The molecular weight excluding hydrogens is 233 g/mol. The molecule has 1 heterocycles. The lowest BCUT2D eigenvalue weighted by atomic mass is 10.2. The first-order valence-corrected chi connectivity index (χ1v) is 5.60. The molecule has 2 aromatic rings. The number of benzene rings is 1. The molecule has 0 aliphatic heterocycles. The van der Waals surface area contributed by atoms with Crippen molar-refractivity contribution in [3.63, 3.8) is 0 Å². The SMILES string of the molecule is COc1ccc(Cn2cccc(C)c2=O)c(F)c1. The number of nitrogens with zero attached hydrogens (tertiary/aromatic N) is 1. The summed E-state index contributed by atoms with van der Waals surface area (Å²) >= 11 is 0. The average Bonchev–Trinajstić information content (AvgIpc) is 2.37. The third kappa shape index (κ3) is 2.42. The molecule has 18 heavy (non-hydrogen) atoms. The van der Waals surface area contributed by atoms with Crippen molar-refractivity contribution in [2.45, 2.75) is 13.5 Å². The van der Waals surface area contributed by atoms with Crippen molar-refractivity contribution in [3.8, 4) is 5.75 Å². The Kier molecular flexibility index (Phi) is 3.46. The molecule has 0 atom stereocenters. The molecule has 3 nitrogen and oxygen atoms in total. The molecule has 1 aromatic carbocycles. The summed E-state index contributed by atoms with van der Waals surface area (Å²) in [5, 5.41) is 0. The van der Waals surface area contributed by atoms with E-state index in [0.717, 1.165) is 0 Å². The fourth-order valence-electron chi connectivity index (χ4n) is 1.75. The quantitative estimate of drug-likeness (QED) is 0.833. The average molecular weight is 247 g/mol. The predicted octanol–water partition coefficient (Wildman–Crippen LogP) is 2.35. The lowest BCUT2D eigenvalue weighted by molar-refractivity contribution is 0.410. The molecule has 0 aliphatic carbocycles. The summed E-state index contributed by atoms with van der Waals surface area (Å²) < 4.78 is 20.2. The second kappa shape index (κ2) is 5.04. The van der Waals surface area contributed by atoms with E-state index in [9.17, 15) is 9.18 Å². The summed E-state index contributed by atoms with van der Waals surface area (Å²) in [5.41, 5.74) is 1.00. The molecule has 1 aromatic heterocycles. The standard InChI is InChI=1S/C14H14FNO2/c1-10-4-3-7-16(14(10)17)9-11-5-6-12(18-2)8-13(11)15/h3-8H,9H2,1-2H3. The van der Waals surface area contributed by atoms with Crippen LogP contribution in [0.2, 0.25) is 0 Å². The van der Waals surface area contributed by atoms with Gasteiger partial charge in [0.05, 0.1) is 13.7 Å². The van der Waals surface area contributed by atoms with Gasteiger partial charge < -0.3 is 9.30 Å². The number of methoxy groups -OCH3 is 1. The van der Waals surface area contributed by atoms with Crippen molar-refractivity contribution in [2.75, 3.05) is 7.11 Å². The molecule has 0 saturated heterocycles. The molecular formula is C14H14FNO2. The van der Waals surface area contributed by atoms with Gasteiger partial charge in [0.1, 0.15) is 11.6 Å². The molecule has 0 unspecified atom stereocenters. The third-order valence-corrected chi connectivity index (χ3v) is 2.81. The van der Waals surface area contributed by atoms with Gasteiger partial charge in [-0.3, -0.25) is 4.79 Å². The number of halogens is 1. The van der Waals surface area contributed by atoms with Gasteiger partial charge in [0.15, 0.2) is 0 Å². The maximum absolute atomic E-state index is 13.8. The van der Waals surface area contributed by atoms with Gasteiger partial charge in [-0.15, -0.1) is 0 Å². The van der Waals surface area contributed by atoms with Crippen LogP contribution in [0.5, 0.6) is 5.75 Å². The normalized spacial score (nSPS) is 10.4. The molecule has 0 fully saturated rings. The zero-order valence-electron chi connectivity index (χ0n) is 10.3. The molecule has 94 valence electrons. The first kappa shape index (κ1) is 12.4. The molecule has 0 N–H and O–H groups in total. The van der Waals surface area contributed by atoms with Gasteiger partial charge in [0.25, 0.3) is 5.56 Å². The number of pyridine rings is 1. The molecule has 0 amide bonds. The Morgan fingerprint density at radius 1 is 1.33 bits per heavy atom. The van der Waals surface area contributed by atoms with Crippen LogP contribution in [-0.2, 0) is 6.54 Å². The number of rotatable bonds is 3. The minimum absolute atomic E-state index is 0.104. The van der Waals surface area contributed by atoms with E-state index in [1.54, 1.807) is 37.4 Å². The Bertz CT molecular complexity index is 619. The van der Waals surface area contributed by atoms with Gasteiger partial charge >= 0.3 is 0 Å². The fourth-order valence-corrected chi connectivity index (χ4v) is 1.75. The van der Waals surface area contributed by atoms with Gasteiger partial charge in [-0.25, -0.2) is 4.39 Å². The van der Waals surface area contributed by atoms with E-state index >= 15 is 0 Å².